The second-order valence-corrected chi connectivity index (χ2v) is 8.89. The Labute approximate surface area is 144 Å². The topological polar surface area (TPSA) is 95.0 Å². The van der Waals surface area contributed by atoms with Gasteiger partial charge < -0.3 is 10.0 Å². The van der Waals surface area contributed by atoms with Gasteiger partial charge in [0.25, 0.3) is 0 Å². The van der Waals surface area contributed by atoms with Crippen LogP contribution in [0.2, 0.25) is 0 Å². The van der Waals surface area contributed by atoms with Crippen molar-refractivity contribution in [3.8, 4) is 0 Å². The molecule has 2 rings (SSSR count). The maximum atomic E-state index is 12.6. The molecular formula is C16H28N2O5S. The second kappa shape index (κ2) is 8.29. The number of nitrogens with zero attached hydrogens (tertiary/aromatic N) is 2. The van der Waals surface area contributed by atoms with E-state index in [1.54, 1.807) is 4.90 Å². The average Bonchev–Trinajstić information content (AvgIpc) is 2.59. The van der Waals surface area contributed by atoms with E-state index in [0.717, 1.165) is 6.42 Å². The standard InChI is InChI=1S/C16H28N2O5S/c1-2-3-11-24(22,23)18-9-6-13(7-10-18)15(19)17-8-4-5-14(12-17)16(20)21/h13-14H,2-12H2,1H3,(H,20,21). The zero-order chi connectivity index (χ0) is 17.7. The molecule has 0 aromatic heterocycles. The molecule has 138 valence electrons. The van der Waals surface area contributed by atoms with Crippen molar-refractivity contribution in [2.24, 2.45) is 11.8 Å². The van der Waals surface area contributed by atoms with Crippen LogP contribution in [0.1, 0.15) is 45.4 Å². The van der Waals surface area contributed by atoms with E-state index in [2.05, 4.69) is 0 Å². The minimum Gasteiger partial charge on any atom is -0.481 e. The zero-order valence-corrected chi connectivity index (χ0v) is 15.1. The predicted octanol–water partition coefficient (Wildman–Crippen LogP) is 1.15. The summed E-state index contributed by atoms with van der Waals surface area (Å²) in [5.41, 5.74) is 0. The van der Waals surface area contributed by atoms with Crippen LogP contribution in [0.3, 0.4) is 0 Å². The molecule has 2 aliphatic heterocycles. The molecule has 2 saturated heterocycles. The monoisotopic (exact) mass is 360 g/mol. The van der Waals surface area contributed by atoms with E-state index in [1.165, 1.54) is 4.31 Å². The van der Waals surface area contributed by atoms with E-state index in [1.807, 2.05) is 6.92 Å². The molecule has 0 aromatic carbocycles. The maximum Gasteiger partial charge on any atom is 0.308 e. The number of carbonyl (C=O) groups excluding carboxylic acids is 1. The van der Waals surface area contributed by atoms with Gasteiger partial charge in [-0.1, -0.05) is 13.3 Å². The summed E-state index contributed by atoms with van der Waals surface area (Å²) in [7, 11) is -3.21. The summed E-state index contributed by atoms with van der Waals surface area (Å²) in [6, 6.07) is 0. The van der Waals surface area contributed by atoms with Gasteiger partial charge in [-0.05, 0) is 32.1 Å². The van der Waals surface area contributed by atoms with Crippen LogP contribution >= 0.6 is 0 Å². The Balaban J connectivity index is 1.87. The average molecular weight is 360 g/mol. The van der Waals surface area contributed by atoms with Crippen molar-refractivity contribution in [3.05, 3.63) is 0 Å². The van der Waals surface area contributed by atoms with Gasteiger partial charge in [0, 0.05) is 32.1 Å². The van der Waals surface area contributed by atoms with Crippen LogP contribution in [-0.4, -0.2) is 66.5 Å². The Morgan fingerprint density at radius 3 is 2.33 bits per heavy atom. The number of carboxylic acid groups (broad SMARTS) is 1. The van der Waals surface area contributed by atoms with Gasteiger partial charge in [-0.25, -0.2) is 12.7 Å². The third-order valence-electron chi connectivity index (χ3n) is 5.03. The lowest BCUT2D eigenvalue weighted by Gasteiger charge is -2.36. The minimum absolute atomic E-state index is 0.00782. The molecule has 8 heteroatoms. The first-order valence-electron chi connectivity index (χ1n) is 8.84. The number of amides is 1. The molecule has 24 heavy (non-hydrogen) atoms. The van der Waals surface area contributed by atoms with E-state index in [-0.39, 0.29) is 24.1 Å². The normalized spacial score (nSPS) is 24.0. The number of rotatable bonds is 6. The number of piperidine rings is 2. The fourth-order valence-corrected chi connectivity index (χ4v) is 5.15. The van der Waals surface area contributed by atoms with Crippen LogP contribution in [-0.2, 0) is 19.6 Å². The van der Waals surface area contributed by atoms with Crippen molar-refractivity contribution >= 4 is 21.9 Å². The highest BCUT2D eigenvalue weighted by atomic mass is 32.2. The van der Waals surface area contributed by atoms with Gasteiger partial charge in [-0.2, -0.15) is 0 Å². The van der Waals surface area contributed by atoms with Crippen molar-refractivity contribution in [1.29, 1.82) is 0 Å². The van der Waals surface area contributed by atoms with Gasteiger partial charge >= 0.3 is 5.97 Å². The highest BCUT2D eigenvalue weighted by molar-refractivity contribution is 7.89. The van der Waals surface area contributed by atoms with E-state index in [4.69, 9.17) is 5.11 Å². The van der Waals surface area contributed by atoms with Crippen LogP contribution in [0.4, 0.5) is 0 Å². The van der Waals surface area contributed by atoms with Gasteiger partial charge in [-0.3, -0.25) is 9.59 Å². The largest absolute Gasteiger partial charge is 0.481 e. The summed E-state index contributed by atoms with van der Waals surface area (Å²) in [5, 5.41) is 9.13. The van der Waals surface area contributed by atoms with Crippen LogP contribution in [0.25, 0.3) is 0 Å². The number of likely N-dealkylation sites (tertiary alicyclic amines) is 1. The summed E-state index contributed by atoms with van der Waals surface area (Å²) < 4.78 is 25.9. The summed E-state index contributed by atoms with van der Waals surface area (Å²) in [5.74, 6) is -1.34. The highest BCUT2D eigenvalue weighted by Gasteiger charge is 2.35. The number of hydrogen-bond acceptors (Lipinski definition) is 4. The smallest absolute Gasteiger partial charge is 0.308 e. The first-order valence-corrected chi connectivity index (χ1v) is 10.5. The van der Waals surface area contributed by atoms with E-state index in [0.29, 0.717) is 51.7 Å². The van der Waals surface area contributed by atoms with Crippen LogP contribution in [0, 0.1) is 11.8 Å². The van der Waals surface area contributed by atoms with Crippen molar-refractivity contribution in [2.45, 2.75) is 45.4 Å². The number of sulfonamides is 1. The Morgan fingerprint density at radius 1 is 1.08 bits per heavy atom. The van der Waals surface area contributed by atoms with Gasteiger partial charge in [0.2, 0.25) is 15.9 Å². The lowest BCUT2D eigenvalue weighted by molar-refractivity contribution is -0.147. The molecule has 2 heterocycles. The van der Waals surface area contributed by atoms with Crippen molar-refractivity contribution in [1.82, 2.24) is 9.21 Å². The first-order chi connectivity index (χ1) is 11.3. The van der Waals surface area contributed by atoms with Crippen molar-refractivity contribution in [2.75, 3.05) is 31.9 Å². The molecule has 0 saturated carbocycles. The summed E-state index contributed by atoms with van der Waals surface area (Å²) >= 11 is 0. The van der Waals surface area contributed by atoms with E-state index >= 15 is 0 Å². The van der Waals surface area contributed by atoms with Gasteiger partial charge in [0.05, 0.1) is 11.7 Å². The summed E-state index contributed by atoms with van der Waals surface area (Å²) in [6.07, 6.45) is 3.89. The summed E-state index contributed by atoms with van der Waals surface area (Å²) in [4.78, 5) is 25.4. The molecule has 2 aliphatic rings. The van der Waals surface area contributed by atoms with Gasteiger partial charge in [0.15, 0.2) is 0 Å². The second-order valence-electron chi connectivity index (χ2n) is 6.80. The Morgan fingerprint density at radius 2 is 1.75 bits per heavy atom. The Hall–Kier alpha value is -1.15. The number of carbonyl (C=O) groups is 2. The SMILES string of the molecule is CCCCS(=O)(=O)N1CCC(C(=O)N2CCCC(C(=O)O)C2)CC1. The predicted molar refractivity (Wildman–Crippen MR) is 89.9 cm³/mol. The number of aliphatic carboxylic acids is 1. The number of unbranched alkanes of at least 4 members (excludes halogenated alkanes) is 1. The fraction of sp³-hybridized carbons (Fsp3) is 0.875. The molecular weight excluding hydrogens is 332 g/mol. The molecule has 7 nitrogen and oxygen atoms in total. The molecule has 2 fully saturated rings. The number of carboxylic acids is 1. The third kappa shape index (κ3) is 4.69. The first kappa shape index (κ1) is 19.2. The van der Waals surface area contributed by atoms with E-state index in [9.17, 15) is 18.0 Å². The van der Waals surface area contributed by atoms with Gasteiger partial charge in [0.1, 0.15) is 0 Å². The molecule has 1 atom stereocenters. The van der Waals surface area contributed by atoms with Crippen molar-refractivity contribution < 1.29 is 23.1 Å². The molecule has 0 radical (unpaired) electrons. The van der Waals surface area contributed by atoms with Gasteiger partial charge in [-0.15, -0.1) is 0 Å². The molecule has 0 spiro atoms. The lowest BCUT2D eigenvalue weighted by atomic mass is 9.93. The molecule has 1 unspecified atom stereocenters. The fourth-order valence-electron chi connectivity index (χ4n) is 3.47. The zero-order valence-electron chi connectivity index (χ0n) is 14.3. The van der Waals surface area contributed by atoms with Crippen LogP contribution < -0.4 is 0 Å². The Kier molecular flexibility index (Phi) is 6.62. The quantitative estimate of drug-likeness (QED) is 0.767. The third-order valence-corrected chi connectivity index (χ3v) is 6.99. The summed E-state index contributed by atoms with van der Waals surface area (Å²) in [6.45, 7) is 3.63. The molecule has 1 N–H and O–H groups in total. The van der Waals surface area contributed by atoms with E-state index < -0.39 is 21.9 Å². The lowest BCUT2D eigenvalue weighted by Crippen LogP contribution is -2.48. The molecule has 1 amide bonds. The Bertz CT molecular complexity index is 555. The number of hydrogen-bond donors (Lipinski definition) is 1. The van der Waals surface area contributed by atoms with Crippen LogP contribution in [0.5, 0.6) is 0 Å². The minimum atomic E-state index is -3.21. The van der Waals surface area contributed by atoms with Crippen molar-refractivity contribution in [3.63, 3.8) is 0 Å². The molecule has 0 aromatic rings. The molecule has 0 bridgehead atoms. The highest BCUT2D eigenvalue weighted by Crippen LogP contribution is 2.25. The molecule has 0 aliphatic carbocycles. The van der Waals surface area contributed by atoms with Crippen LogP contribution in [0.15, 0.2) is 0 Å². The maximum absolute atomic E-state index is 12.6.